The van der Waals surface area contributed by atoms with Gasteiger partial charge < -0.3 is 14.4 Å². The average Bonchev–Trinajstić information content (AvgIpc) is 2.64. The minimum absolute atomic E-state index is 0.0869. The van der Waals surface area contributed by atoms with Crippen molar-refractivity contribution in [3.63, 3.8) is 0 Å². The summed E-state index contributed by atoms with van der Waals surface area (Å²) in [5.41, 5.74) is 0. The van der Waals surface area contributed by atoms with Crippen molar-refractivity contribution in [1.82, 2.24) is 14.8 Å². The number of ether oxygens (including phenoxy) is 1. The Kier molecular flexibility index (Phi) is 4.95. The molecule has 0 radical (unpaired) electrons. The number of carbonyl (C=O) groups excluding carboxylic acids is 1. The Morgan fingerprint density at radius 1 is 1.47 bits per heavy atom. The maximum Gasteiger partial charge on any atom is 0.313 e. The van der Waals surface area contributed by atoms with E-state index in [-0.39, 0.29) is 18.1 Å². The fraction of sp³-hybridized carbons (Fsp3) is 0.556. The van der Waals surface area contributed by atoms with Crippen LogP contribution >= 0.6 is 11.8 Å². The first-order valence-electron chi connectivity index (χ1n) is 4.85. The van der Waals surface area contributed by atoms with Gasteiger partial charge in [-0.2, -0.15) is 0 Å². The number of thioether (sulfide) groups is 1. The quantitative estimate of drug-likeness (QED) is 0.581. The molecule has 0 spiro atoms. The zero-order valence-corrected chi connectivity index (χ0v) is 10.4. The summed E-state index contributed by atoms with van der Waals surface area (Å²) in [7, 11) is 1.32. The smallest absolute Gasteiger partial charge is 0.313 e. The lowest BCUT2D eigenvalue weighted by molar-refractivity contribution is -0.141. The lowest BCUT2D eigenvalue weighted by Gasteiger charge is -2.06. The molecule has 0 aliphatic heterocycles. The van der Waals surface area contributed by atoms with E-state index < -0.39 is 5.97 Å². The van der Waals surface area contributed by atoms with Gasteiger partial charge in [-0.25, -0.2) is 0 Å². The van der Waals surface area contributed by atoms with Gasteiger partial charge in [0.25, 0.3) is 0 Å². The maximum absolute atomic E-state index is 11.0. The Morgan fingerprint density at radius 3 is 2.76 bits per heavy atom. The number of rotatable bonds is 6. The van der Waals surface area contributed by atoms with Crippen molar-refractivity contribution in [2.75, 3.05) is 12.9 Å². The predicted octanol–water partition coefficient (Wildman–Crippen LogP) is 0.326. The normalized spacial score (nSPS) is 10.2. The summed E-state index contributed by atoms with van der Waals surface area (Å²) in [5, 5.41) is 16.8. The number of aliphatic carboxylic acids is 1. The first-order valence-corrected chi connectivity index (χ1v) is 5.84. The largest absolute Gasteiger partial charge is 0.481 e. The molecule has 0 amide bonds. The minimum atomic E-state index is -0.921. The van der Waals surface area contributed by atoms with Crippen molar-refractivity contribution in [3.8, 4) is 0 Å². The van der Waals surface area contributed by atoms with Crippen molar-refractivity contribution >= 4 is 23.7 Å². The molecule has 0 unspecified atom stereocenters. The zero-order chi connectivity index (χ0) is 12.8. The van der Waals surface area contributed by atoms with Crippen LogP contribution in [0.3, 0.4) is 0 Å². The van der Waals surface area contributed by atoms with Crippen LogP contribution in [0.5, 0.6) is 0 Å². The van der Waals surface area contributed by atoms with Crippen LogP contribution in [0.1, 0.15) is 12.2 Å². The Hall–Kier alpha value is -1.57. The third kappa shape index (κ3) is 4.06. The van der Waals surface area contributed by atoms with Gasteiger partial charge in [0.05, 0.1) is 19.3 Å². The second-order valence-corrected chi connectivity index (χ2v) is 4.13. The second-order valence-electron chi connectivity index (χ2n) is 3.19. The number of aromatic nitrogens is 3. The molecule has 0 aromatic carbocycles. The molecule has 1 N–H and O–H groups in total. The average molecular weight is 259 g/mol. The molecule has 0 atom stereocenters. The number of aryl methyl sites for hydroxylation is 1. The van der Waals surface area contributed by atoms with E-state index in [9.17, 15) is 9.59 Å². The first kappa shape index (κ1) is 13.5. The Bertz CT molecular complexity index is 418. The molecule has 1 aromatic rings. The van der Waals surface area contributed by atoms with Crippen LogP contribution in [0, 0.1) is 6.92 Å². The Morgan fingerprint density at radius 2 is 2.18 bits per heavy atom. The van der Waals surface area contributed by atoms with E-state index in [4.69, 9.17) is 5.11 Å². The van der Waals surface area contributed by atoms with E-state index in [2.05, 4.69) is 14.9 Å². The molecule has 1 aromatic heterocycles. The van der Waals surface area contributed by atoms with Crippen LogP contribution in [0.4, 0.5) is 0 Å². The fourth-order valence-electron chi connectivity index (χ4n) is 1.16. The molecule has 7 nitrogen and oxygen atoms in total. The molecule has 0 bridgehead atoms. The summed E-state index contributed by atoms with van der Waals surface area (Å²) in [5.74, 6) is -0.694. The summed E-state index contributed by atoms with van der Waals surface area (Å²) < 4.78 is 6.23. The number of methoxy groups -OCH3 is 1. The first-order chi connectivity index (χ1) is 8.04. The van der Waals surface area contributed by atoms with Crippen molar-refractivity contribution in [1.29, 1.82) is 0 Å². The van der Waals surface area contributed by atoms with Gasteiger partial charge in [0.2, 0.25) is 0 Å². The SMILES string of the molecule is COC(=O)CCn1c(C)nnc1SCC(=O)O. The van der Waals surface area contributed by atoms with E-state index in [1.54, 1.807) is 11.5 Å². The molecule has 0 saturated heterocycles. The number of carboxylic acid groups (broad SMARTS) is 1. The van der Waals surface area contributed by atoms with Gasteiger partial charge in [0, 0.05) is 6.54 Å². The Balaban J connectivity index is 2.65. The molecule has 94 valence electrons. The summed E-state index contributed by atoms with van der Waals surface area (Å²) in [6, 6.07) is 0. The molecule has 0 aliphatic rings. The molecular weight excluding hydrogens is 246 g/mol. The number of carbonyl (C=O) groups is 2. The van der Waals surface area contributed by atoms with Gasteiger partial charge in [0.1, 0.15) is 5.82 Å². The predicted molar refractivity (Wildman–Crippen MR) is 59.8 cm³/mol. The van der Waals surface area contributed by atoms with E-state index in [1.165, 1.54) is 7.11 Å². The van der Waals surface area contributed by atoms with Crippen LogP contribution in [0.15, 0.2) is 5.16 Å². The molecule has 1 heterocycles. The van der Waals surface area contributed by atoms with Crippen LogP contribution < -0.4 is 0 Å². The summed E-state index contributed by atoms with van der Waals surface area (Å²) in [6.45, 7) is 2.13. The van der Waals surface area contributed by atoms with Gasteiger partial charge >= 0.3 is 11.9 Å². The fourth-order valence-corrected chi connectivity index (χ4v) is 1.89. The summed E-state index contributed by atoms with van der Waals surface area (Å²) in [6.07, 6.45) is 0.204. The van der Waals surface area contributed by atoms with Gasteiger partial charge in [-0.15, -0.1) is 10.2 Å². The molecule has 1 rings (SSSR count). The van der Waals surface area contributed by atoms with Gasteiger partial charge in [0.15, 0.2) is 5.16 Å². The topological polar surface area (TPSA) is 94.3 Å². The third-order valence-electron chi connectivity index (χ3n) is 1.99. The standard InChI is InChI=1S/C9H13N3O4S/c1-6-10-11-9(17-5-7(13)14)12(6)4-3-8(15)16-2/h3-5H2,1-2H3,(H,13,14). The Labute approximate surface area is 102 Å². The maximum atomic E-state index is 11.0. The number of nitrogens with zero attached hydrogens (tertiary/aromatic N) is 3. The number of esters is 1. The van der Waals surface area contributed by atoms with Crippen LogP contribution in [0.25, 0.3) is 0 Å². The molecule has 8 heteroatoms. The van der Waals surface area contributed by atoms with Crippen molar-refractivity contribution < 1.29 is 19.4 Å². The lowest BCUT2D eigenvalue weighted by Crippen LogP contribution is -2.10. The number of hydrogen-bond donors (Lipinski definition) is 1. The highest BCUT2D eigenvalue weighted by molar-refractivity contribution is 7.99. The number of hydrogen-bond acceptors (Lipinski definition) is 6. The molecule has 0 fully saturated rings. The van der Waals surface area contributed by atoms with Crippen molar-refractivity contribution in [3.05, 3.63) is 5.82 Å². The number of carboxylic acids is 1. The van der Waals surface area contributed by atoms with Crippen molar-refractivity contribution in [2.45, 2.75) is 25.0 Å². The lowest BCUT2D eigenvalue weighted by atomic mass is 10.4. The molecular formula is C9H13N3O4S. The summed E-state index contributed by atoms with van der Waals surface area (Å²) in [4.78, 5) is 21.5. The van der Waals surface area contributed by atoms with Crippen LogP contribution in [-0.2, 0) is 20.9 Å². The highest BCUT2D eigenvalue weighted by atomic mass is 32.2. The minimum Gasteiger partial charge on any atom is -0.481 e. The van der Waals surface area contributed by atoms with Gasteiger partial charge in [-0.05, 0) is 6.92 Å². The van der Waals surface area contributed by atoms with Gasteiger partial charge in [-0.3, -0.25) is 9.59 Å². The summed E-state index contributed by atoms with van der Waals surface area (Å²) >= 11 is 1.07. The molecule has 0 aliphatic carbocycles. The van der Waals surface area contributed by atoms with Gasteiger partial charge in [-0.1, -0.05) is 11.8 Å². The monoisotopic (exact) mass is 259 g/mol. The highest BCUT2D eigenvalue weighted by Crippen LogP contribution is 2.16. The zero-order valence-electron chi connectivity index (χ0n) is 9.54. The molecule has 17 heavy (non-hydrogen) atoms. The van der Waals surface area contributed by atoms with Crippen LogP contribution in [0.2, 0.25) is 0 Å². The van der Waals surface area contributed by atoms with E-state index in [1.807, 2.05) is 0 Å². The van der Waals surface area contributed by atoms with E-state index in [0.29, 0.717) is 17.5 Å². The second kappa shape index (κ2) is 6.24. The van der Waals surface area contributed by atoms with Crippen molar-refractivity contribution in [2.24, 2.45) is 0 Å². The van der Waals surface area contributed by atoms with E-state index >= 15 is 0 Å². The molecule has 0 saturated carbocycles. The van der Waals surface area contributed by atoms with E-state index in [0.717, 1.165) is 11.8 Å². The third-order valence-corrected chi connectivity index (χ3v) is 2.95. The highest BCUT2D eigenvalue weighted by Gasteiger charge is 2.12. The van der Waals surface area contributed by atoms with Crippen LogP contribution in [-0.4, -0.2) is 44.7 Å².